The summed E-state index contributed by atoms with van der Waals surface area (Å²) >= 11 is 0. The van der Waals surface area contributed by atoms with Crippen molar-refractivity contribution in [1.82, 2.24) is 5.32 Å². The largest absolute Gasteiger partial charge is 0.480 e. The van der Waals surface area contributed by atoms with Crippen LogP contribution in [0.5, 0.6) is 0 Å². The van der Waals surface area contributed by atoms with Crippen LogP contribution in [0.3, 0.4) is 0 Å². The van der Waals surface area contributed by atoms with Crippen LogP contribution in [0.2, 0.25) is 0 Å². The molecule has 0 spiro atoms. The molecule has 2 unspecified atom stereocenters. The van der Waals surface area contributed by atoms with Gasteiger partial charge in [0.15, 0.2) is 0 Å². The third kappa shape index (κ3) is 28.6. The number of carbonyl (C=O) groups is 3. The van der Waals surface area contributed by atoms with Gasteiger partial charge in [-0.15, -0.1) is 0 Å². The number of allylic oxidation sites excluding steroid dienone is 1. The summed E-state index contributed by atoms with van der Waals surface area (Å²) in [5.41, 5.74) is 5.45. The molecule has 7 heteroatoms. The first-order chi connectivity index (χ1) is 20.9. The third-order valence-corrected chi connectivity index (χ3v) is 8.07. The molecule has 7 nitrogen and oxygen atoms in total. The van der Waals surface area contributed by atoms with E-state index in [1.165, 1.54) is 77.0 Å². The van der Waals surface area contributed by atoms with Gasteiger partial charge in [0.2, 0.25) is 5.91 Å². The number of hydrogen-bond acceptors (Lipinski definition) is 5. The molecule has 43 heavy (non-hydrogen) atoms. The zero-order chi connectivity index (χ0) is 31.8. The Morgan fingerprint density at radius 3 is 1.74 bits per heavy atom. The first-order valence-electron chi connectivity index (χ1n) is 18.0. The Labute approximate surface area is 264 Å². The molecule has 0 heterocycles. The summed E-state index contributed by atoms with van der Waals surface area (Å²) in [5.74, 6) is -1.27. The smallest absolute Gasteiger partial charge is 0.326 e. The Balaban J connectivity index is 4.30. The SMILES string of the molecule is CCCCCCCCC/C=C\C(CCCCCCCCC(=O)NC(CCCN)C(=O)O)OC(=O)CCCCCCCCC. The van der Waals surface area contributed by atoms with Gasteiger partial charge in [0, 0.05) is 12.8 Å². The van der Waals surface area contributed by atoms with E-state index in [1.807, 2.05) is 0 Å². The standard InChI is InChI=1S/C36H68N2O5/c1-3-5-7-9-11-12-14-17-21-26-32(43-35(40)30-24-20-13-10-8-6-4-2)27-22-18-15-16-19-23-29-34(39)38-33(36(41)42)28-25-31-37/h21,26,32-33H,3-20,22-25,27-31,37H2,1-2H3,(H,38,39)(H,41,42)/b26-21-. The van der Waals surface area contributed by atoms with E-state index in [4.69, 9.17) is 10.5 Å². The van der Waals surface area contributed by atoms with Crippen LogP contribution in [0.15, 0.2) is 12.2 Å². The number of aliphatic carboxylic acids is 1. The number of unbranched alkanes of at least 4 members (excludes halogenated alkanes) is 18. The number of rotatable bonds is 32. The molecule has 0 aliphatic carbocycles. The summed E-state index contributed by atoms with van der Waals surface area (Å²) < 4.78 is 5.89. The molecule has 0 aromatic carbocycles. The number of esters is 1. The van der Waals surface area contributed by atoms with E-state index >= 15 is 0 Å². The molecule has 0 aromatic heterocycles. The van der Waals surface area contributed by atoms with Crippen LogP contribution in [0, 0.1) is 0 Å². The van der Waals surface area contributed by atoms with Crippen molar-refractivity contribution >= 4 is 17.8 Å². The van der Waals surface area contributed by atoms with Gasteiger partial charge in [-0.25, -0.2) is 4.79 Å². The summed E-state index contributed by atoms with van der Waals surface area (Å²) in [4.78, 5) is 35.9. The molecule has 0 rings (SSSR count). The predicted molar refractivity (Wildman–Crippen MR) is 179 cm³/mol. The number of ether oxygens (including phenoxy) is 1. The molecule has 1 amide bonds. The summed E-state index contributed by atoms with van der Waals surface area (Å²) in [6, 6.07) is -0.849. The molecule has 4 N–H and O–H groups in total. The summed E-state index contributed by atoms with van der Waals surface area (Å²) in [5, 5.41) is 11.9. The predicted octanol–water partition coefficient (Wildman–Crippen LogP) is 9.16. The topological polar surface area (TPSA) is 119 Å². The van der Waals surface area contributed by atoms with E-state index in [0.29, 0.717) is 32.2 Å². The van der Waals surface area contributed by atoms with Gasteiger partial charge in [-0.05, 0) is 64.0 Å². The maximum atomic E-state index is 12.5. The molecular formula is C36H68N2O5. The van der Waals surface area contributed by atoms with Gasteiger partial charge < -0.3 is 20.9 Å². The fourth-order valence-corrected chi connectivity index (χ4v) is 5.30. The summed E-state index contributed by atoms with van der Waals surface area (Å²) in [6.45, 7) is 4.89. The van der Waals surface area contributed by atoms with E-state index < -0.39 is 12.0 Å². The van der Waals surface area contributed by atoms with Crippen LogP contribution in [-0.2, 0) is 19.1 Å². The van der Waals surface area contributed by atoms with Gasteiger partial charge in [-0.3, -0.25) is 9.59 Å². The number of nitrogens with two attached hydrogens (primary N) is 1. The maximum absolute atomic E-state index is 12.5. The number of carboxylic acid groups (broad SMARTS) is 1. The minimum absolute atomic E-state index is 0.0643. The highest BCUT2D eigenvalue weighted by Gasteiger charge is 2.18. The molecule has 2 atom stereocenters. The van der Waals surface area contributed by atoms with Crippen molar-refractivity contribution in [2.24, 2.45) is 5.73 Å². The Morgan fingerprint density at radius 2 is 1.19 bits per heavy atom. The van der Waals surface area contributed by atoms with Crippen LogP contribution in [0.25, 0.3) is 0 Å². The van der Waals surface area contributed by atoms with Crippen LogP contribution in [0.4, 0.5) is 0 Å². The lowest BCUT2D eigenvalue weighted by atomic mass is 10.0. The lowest BCUT2D eigenvalue weighted by molar-refractivity contribution is -0.147. The van der Waals surface area contributed by atoms with E-state index in [0.717, 1.165) is 64.2 Å². The lowest BCUT2D eigenvalue weighted by Gasteiger charge is -2.15. The van der Waals surface area contributed by atoms with Gasteiger partial charge in [-0.2, -0.15) is 0 Å². The number of nitrogens with one attached hydrogen (secondary N) is 1. The van der Waals surface area contributed by atoms with Crippen molar-refractivity contribution in [1.29, 1.82) is 0 Å². The molecule has 0 saturated heterocycles. The molecular weight excluding hydrogens is 540 g/mol. The van der Waals surface area contributed by atoms with Gasteiger partial charge in [0.05, 0.1) is 0 Å². The van der Waals surface area contributed by atoms with Gasteiger partial charge in [-0.1, -0.05) is 123 Å². The molecule has 252 valence electrons. The average molecular weight is 609 g/mol. The van der Waals surface area contributed by atoms with E-state index in [1.54, 1.807) is 0 Å². The van der Waals surface area contributed by atoms with Crippen molar-refractivity contribution in [3.8, 4) is 0 Å². The number of amides is 1. The first kappa shape index (κ1) is 41.1. The highest BCUT2D eigenvalue weighted by Crippen LogP contribution is 2.16. The van der Waals surface area contributed by atoms with Gasteiger partial charge >= 0.3 is 11.9 Å². The van der Waals surface area contributed by atoms with Gasteiger partial charge in [0.25, 0.3) is 0 Å². The lowest BCUT2D eigenvalue weighted by Crippen LogP contribution is -2.40. The molecule has 0 saturated carbocycles. The van der Waals surface area contributed by atoms with Crippen molar-refractivity contribution in [2.45, 2.75) is 193 Å². The average Bonchev–Trinajstić information content (AvgIpc) is 2.98. The molecule has 0 aliphatic rings. The molecule has 0 radical (unpaired) electrons. The van der Waals surface area contributed by atoms with Crippen LogP contribution >= 0.6 is 0 Å². The normalized spacial score (nSPS) is 12.8. The Morgan fingerprint density at radius 1 is 0.674 bits per heavy atom. The minimum atomic E-state index is -1.00. The van der Waals surface area contributed by atoms with E-state index in [9.17, 15) is 19.5 Å². The van der Waals surface area contributed by atoms with E-state index in [2.05, 4.69) is 31.3 Å². The van der Waals surface area contributed by atoms with Crippen molar-refractivity contribution < 1.29 is 24.2 Å². The summed E-state index contributed by atoms with van der Waals surface area (Å²) in [7, 11) is 0. The molecule has 0 fully saturated rings. The van der Waals surface area contributed by atoms with Crippen molar-refractivity contribution in [2.75, 3.05) is 6.54 Å². The molecule has 0 aromatic rings. The quantitative estimate of drug-likeness (QED) is 0.0398. The third-order valence-electron chi connectivity index (χ3n) is 8.07. The van der Waals surface area contributed by atoms with Crippen LogP contribution in [-0.4, -0.2) is 41.6 Å². The molecule has 0 aliphatic heterocycles. The second-order valence-electron chi connectivity index (χ2n) is 12.3. The highest BCUT2D eigenvalue weighted by molar-refractivity contribution is 5.83. The fourth-order valence-electron chi connectivity index (χ4n) is 5.30. The number of hydrogen-bond donors (Lipinski definition) is 3. The van der Waals surface area contributed by atoms with Crippen molar-refractivity contribution in [3.63, 3.8) is 0 Å². The zero-order valence-electron chi connectivity index (χ0n) is 28.1. The highest BCUT2D eigenvalue weighted by atomic mass is 16.5. The monoisotopic (exact) mass is 609 g/mol. The van der Waals surface area contributed by atoms with E-state index in [-0.39, 0.29) is 18.0 Å². The fraction of sp³-hybridized carbons (Fsp3) is 0.861. The maximum Gasteiger partial charge on any atom is 0.326 e. The Bertz CT molecular complexity index is 697. The van der Waals surface area contributed by atoms with Crippen LogP contribution < -0.4 is 11.1 Å². The Hall–Kier alpha value is -1.89. The van der Waals surface area contributed by atoms with Gasteiger partial charge in [0.1, 0.15) is 12.1 Å². The number of carboxylic acids is 1. The second kappa shape index (κ2) is 31.5. The Kier molecular flexibility index (Phi) is 30.1. The number of carbonyl (C=O) groups excluding carboxylic acids is 2. The van der Waals surface area contributed by atoms with Crippen molar-refractivity contribution in [3.05, 3.63) is 12.2 Å². The van der Waals surface area contributed by atoms with Crippen LogP contribution in [0.1, 0.15) is 181 Å². The molecule has 0 bridgehead atoms. The second-order valence-corrected chi connectivity index (χ2v) is 12.3. The zero-order valence-corrected chi connectivity index (χ0v) is 28.1. The first-order valence-corrected chi connectivity index (χ1v) is 18.0. The summed E-state index contributed by atoms with van der Waals surface area (Å²) in [6.07, 6.45) is 31.3. The minimum Gasteiger partial charge on any atom is -0.480 e.